The highest BCUT2D eigenvalue weighted by molar-refractivity contribution is 6.30. The van der Waals surface area contributed by atoms with Gasteiger partial charge in [0, 0.05) is 18.1 Å². The first-order valence-electron chi connectivity index (χ1n) is 7.49. The fourth-order valence-electron chi connectivity index (χ4n) is 3.36. The minimum absolute atomic E-state index is 0.219. The molecule has 0 spiro atoms. The second kappa shape index (κ2) is 5.85. The van der Waals surface area contributed by atoms with Gasteiger partial charge < -0.3 is 10.1 Å². The maximum absolute atomic E-state index is 12.2. The molecule has 2 saturated heterocycles. The van der Waals surface area contributed by atoms with Crippen LogP contribution in [0.5, 0.6) is 0 Å². The van der Waals surface area contributed by atoms with Crippen molar-refractivity contribution >= 4 is 17.7 Å². The molecule has 1 aromatic rings. The van der Waals surface area contributed by atoms with Crippen LogP contribution in [0.25, 0.3) is 0 Å². The van der Waals surface area contributed by atoms with Crippen LogP contribution in [0.3, 0.4) is 0 Å². The molecule has 3 rings (SSSR count). The van der Waals surface area contributed by atoms with Gasteiger partial charge in [0.05, 0.1) is 5.54 Å². The monoisotopic (exact) mass is 308 g/mol. The maximum atomic E-state index is 12.2. The molecule has 0 saturated carbocycles. The van der Waals surface area contributed by atoms with Crippen LogP contribution in [0.4, 0.5) is 4.79 Å². The van der Waals surface area contributed by atoms with Crippen molar-refractivity contribution in [2.75, 3.05) is 19.7 Å². The summed E-state index contributed by atoms with van der Waals surface area (Å²) in [4.78, 5) is 14.0. The highest BCUT2D eigenvalue weighted by Gasteiger charge is 2.48. The molecule has 1 amide bonds. The van der Waals surface area contributed by atoms with E-state index in [-0.39, 0.29) is 11.6 Å². The summed E-state index contributed by atoms with van der Waals surface area (Å²) in [5.74, 6) is 0.428. The number of cyclic esters (lactones) is 1. The average molecular weight is 309 g/mol. The van der Waals surface area contributed by atoms with Crippen LogP contribution in [-0.4, -0.2) is 36.2 Å². The van der Waals surface area contributed by atoms with Crippen molar-refractivity contribution in [1.29, 1.82) is 0 Å². The van der Waals surface area contributed by atoms with Gasteiger partial charge in [0.1, 0.15) is 6.61 Å². The van der Waals surface area contributed by atoms with Gasteiger partial charge in [-0.1, -0.05) is 23.7 Å². The number of hydrogen-bond acceptors (Lipinski definition) is 3. The molecule has 4 nitrogen and oxygen atoms in total. The number of nitrogens with zero attached hydrogens (tertiary/aromatic N) is 1. The van der Waals surface area contributed by atoms with Gasteiger partial charge in [0.25, 0.3) is 0 Å². The van der Waals surface area contributed by atoms with E-state index in [2.05, 4.69) is 12.2 Å². The second-order valence-electron chi connectivity index (χ2n) is 6.17. The molecule has 2 heterocycles. The Kier molecular flexibility index (Phi) is 4.09. The molecule has 0 aromatic heterocycles. The number of carbonyl (C=O) groups is 1. The number of amides is 1. The fraction of sp³-hybridized carbons (Fsp3) is 0.562. The van der Waals surface area contributed by atoms with E-state index in [4.69, 9.17) is 16.3 Å². The van der Waals surface area contributed by atoms with E-state index >= 15 is 0 Å². The Morgan fingerprint density at radius 3 is 3.10 bits per heavy atom. The summed E-state index contributed by atoms with van der Waals surface area (Å²) in [6.45, 7) is 5.17. The third-order valence-corrected chi connectivity index (χ3v) is 4.97. The summed E-state index contributed by atoms with van der Waals surface area (Å²) in [5.41, 5.74) is 0.795. The van der Waals surface area contributed by atoms with E-state index in [1.165, 1.54) is 0 Å². The summed E-state index contributed by atoms with van der Waals surface area (Å²) in [6.07, 6.45) is 2.06. The second-order valence-corrected chi connectivity index (χ2v) is 6.61. The lowest BCUT2D eigenvalue weighted by Crippen LogP contribution is -2.54. The molecule has 0 bridgehead atoms. The lowest BCUT2D eigenvalue weighted by Gasteiger charge is -2.41. The minimum Gasteiger partial charge on any atom is -0.447 e. The van der Waals surface area contributed by atoms with E-state index in [9.17, 15) is 4.79 Å². The number of rotatable bonds is 3. The predicted octanol–water partition coefficient (Wildman–Crippen LogP) is 3.05. The van der Waals surface area contributed by atoms with E-state index < -0.39 is 0 Å². The van der Waals surface area contributed by atoms with Crippen molar-refractivity contribution < 1.29 is 9.53 Å². The maximum Gasteiger partial charge on any atom is 0.410 e. The van der Waals surface area contributed by atoms with Crippen LogP contribution in [0, 0.1) is 5.92 Å². The summed E-state index contributed by atoms with van der Waals surface area (Å²) < 4.78 is 5.36. The lowest BCUT2D eigenvalue weighted by atomic mass is 9.80. The fourth-order valence-corrected chi connectivity index (χ4v) is 3.57. The van der Waals surface area contributed by atoms with Gasteiger partial charge in [0.2, 0.25) is 0 Å². The third kappa shape index (κ3) is 2.87. The van der Waals surface area contributed by atoms with E-state index in [1.54, 1.807) is 0 Å². The molecule has 21 heavy (non-hydrogen) atoms. The third-order valence-electron chi connectivity index (χ3n) is 4.73. The van der Waals surface area contributed by atoms with Gasteiger partial charge in [-0.25, -0.2) is 4.79 Å². The van der Waals surface area contributed by atoms with Gasteiger partial charge in [-0.05, 0) is 49.9 Å². The number of nitrogens with one attached hydrogen (secondary N) is 1. The Hall–Kier alpha value is -1.26. The Morgan fingerprint density at radius 2 is 2.38 bits per heavy atom. The molecule has 2 aliphatic rings. The van der Waals surface area contributed by atoms with Gasteiger partial charge >= 0.3 is 6.09 Å². The number of hydrogen-bond donors (Lipinski definition) is 1. The smallest absolute Gasteiger partial charge is 0.410 e. The molecule has 5 heteroatoms. The topological polar surface area (TPSA) is 41.6 Å². The van der Waals surface area contributed by atoms with Gasteiger partial charge in [0.15, 0.2) is 0 Å². The van der Waals surface area contributed by atoms with Crippen molar-refractivity contribution in [1.82, 2.24) is 10.2 Å². The molecule has 2 unspecified atom stereocenters. The minimum atomic E-state index is -0.243. The van der Waals surface area contributed by atoms with Gasteiger partial charge in [-0.15, -0.1) is 0 Å². The molecular weight excluding hydrogens is 288 g/mol. The van der Waals surface area contributed by atoms with Crippen molar-refractivity contribution in [2.45, 2.75) is 31.8 Å². The summed E-state index contributed by atoms with van der Waals surface area (Å²) in [7, 11) is 0. The highest BCUT2D eigenvalue weighted by Crippen LogP contribution is 2.36. The lowest BCUT2D eigenvalue weighted by molar-refractivity contribution is 0.0922. The molecular formula is C16H21ClN2O2. The Balaban J connectivity index is 1.81. The largest absolute Gasteiger partial charge is 0.447 e. The first-order chi connectivity index (χ1) is 10.1. The SMILES string of the molecule is CC1(C2CCCNC2)COC(=O)N1Cc1cccc(Cl)c1. The van der Waals surface area contributed by atoms with Gasteiger partial charge in [-0.3, -0.25) is 4.90 Å². The van der Waals surface area contributed by atoms with Crippen LogP contribution in [-0.2, 0) is 11.3 Å². The Labute approximate surface area is 130 Å². The van der Waals surface area contributed by atoms with Crippen molar-refractivity contribution in [2.24, 2.45) is 5.92 Å². The van der Waals surface area contributed by atoms with Crippen LogP contribution >= 0.6 is 11.6 Å². The van der Waals surface area contributed by atoms with Crippen LogP contribution < -0.4 is 5.32 Å². The molecule has 2 aliphatic heterocycles. The number of carbonyl (C=O) groups excluding carboxylic acids is 1. The predicted molar refractivity (Wildman–Crippen MR) is 82.3 cm³/mol. The first-order valence-corrected chi connectivity index (χ1v) is 7.87. The molecule has 2 atom stereocenters. The molecule has 1 aromatic carbocycles. The normalized spacial score (nSPS) is 29.5. The van der Waals surface area contributed by atoms with Crippen molar-refractivity contribution in [3.63, 3.8) is 0 Å². The zero-order valence-corrected chi connectivity index (χ0v) is 13.0. The number of halogens is 1. The first kappa shape index (κ1) is 14.7. The van der Waals surface area contributed by atoms with Crippen LogP contribution in [0.15, 0.2) is 24.3 Å². The molecule has 0 aliphatic carbocycles. The van der Waals surface area contributed by atoms with Crippen molar-refractivity contribution in [3.8, 4) is 0 Å². The van der Waals surface area contributed by atoms with Crippen molar-refractivity contribution in [3.05, 3.63) is 34.9 Å². The average Bonchev–Trinajstić information content (AvgIpc) is 2.78. The zero-order chi connectivity index (χ0) is 14.9. The Morgan fingerprint density at radius 1 is 1.52 bits per heavy atom. The standard InChI is InChI=1S/C16H21ClN2O2/c1-16(13-5-3-7-18-9-13)11-21-15(20)19(16)10-12-4-2-6-14(17)8-12/h2,4,6,8,13,18H,3,5,7,9-11H2,1H3. The molecule has 2 fully saturated rings. The Bertz CT molecular complexity index is 531. The number of benzene rings is 1. The number of piperidine rings is 1. The van der Waals surface area contributed by atoms with E-state index in [1.807, 2.05) is 29.2 Å². The highest BCUT2D eigenvalue weighted by atomic mass is 35.5. The van der Waals surface area contributed by atoms with E-state index in [0.717, 1.165) is 31.5 Å². The summed E-state index contributed by atoms with van der Waals surface area (Å²) in [6, 6.07) is 7.67. The van der Waals surface area contributed by atoms with Gasteiger partial charge in [-0.2, -0.15) is 0 Å². The van der Waals surface area contributed by atoms with E-state index in [0.29, 0.717) is 24.1 Å². The van der Waals surface area contributed by atoms with Crippen LogP contribution in [0.2, 0.25) is 5.02 Å². The molecule has 0 radical (unpaired) electrons. The van der Waals surface area contributed by atoms with Crippen LogP contribution in [0.1, 0.15) is 25.3 Å². The molecule has 1 N–H and O–H groups in total. The quantitative estimate of drug-likeness (QED) is 0.933. The molecule has 114 valence electrons. The zero-order valence-electron chi connectivity index (χ0n) is 12.3. The number of ether oxygens (including phenoxy) is 1. The summed E-state index contributed by atoms with van der Waals surface area (Å²) in [5, 5.41) is 4.13. The summed E-state index contributed by atoms with van der Waals surface area (Å²) >= 11 is 6.04.